The lowest BCUT2D eigenvalue weighted by molar-refractivity contribution is -0.386. The lowest BCUT2D eigenvalue weighted by Gasteiger charge is -2.08. The molecule has 0 atom stereocenters. The van der Waals surface area contributed by atoms with Crippen LogP contribution in [0.1, 0.15) is 4.88 Å². The Labute approximate surface area is 125 Å². The van der Waals surface area contributed by atoms with Crippen molar-refractivity contribution in [3.05, 3.63) is 39.4 Å². The summed E-state index contributed by atoms with van der Waals surface area (Å²) < 4.78 is 26.9. The number of hydrogen-bond acceptors (Lipinski definition) is 7. The maximum Gasteiger partial charge on any atom is 0.312 e. The smallest absolute Gasteiger partial charge is 0.312 e. The number of benzene rings is 1. The van der Waals surface area contributed by atoms with Crippen LogP contribution in [0, 0.1) is 17.0 Å². The minimum atomic E-state index is -4.09. The molecule has 10 heteroatoms. The second kappa shape index (κ2) is 5.66. The minimum Gasteiger partial charge on any atom is -0.383 e. The number of para-hydroxylation sites is 1. The zero-order chi connectivity index (χ0) is 15.6. The maximum atomic E-state index is 12.3. The topological polar surface area (TPSA) is 114 Å². The number of aromatic nitrogens is 1. The highest BCUT2D eigenvalue weighted by molar-refractivity contribution is 7.93. The Kier molecular flexibility index (Phi) is 4.09. The summed E-state index contributed by atoms with van der Waals surface area (Å²) in [6, 6.07) is 4.05. The first kappa shape index (κ1) is 15.2. The lowest BCUT2D eigenvalue weighted by Crippen LogP contribution is -2.15. The van der Waals surface area contributed by atoms with E-state index in [0.29, 0.717) is 0 Å². The van der Waals surface area contributed by atoms with Crippen molar-refractivity contribution in [2.45, 2.75) is 11.8 Å². The standard InChI is InChI=1S/C11H12N4O4S2/c1-7-6-13-11(20-7)14-21(18,19)9-5-3-4-8(12-2)10(9)15(16)17/h3-6,12H,1-2H3,(H,13,14). The van der Waals surface area contributed by atoms with Gasteiger partial charge in [-0.1, -0.05) is 6.07 Å². The fraction of sp³-hybridized carbons (Fsp3) is 0.182. The molecular weight excluding hydrogens is 316 g/mol. The number of nitro benzene ring substituents is 1. The number of anilines is 2. The summed E-state index contributed by atoms with van der Waals surface area (Å²) in [4.78, 5) is 14.7. The van der Waals surface area contributed by atoms with Crippen LogP contribution in [0.5, 0.6) is 0 Å². The highest BCUT2D eigenvalue weighted by Gasteiger charge is 2.29. The molecule has 0 spiro atoms. The number of sulfonamides is 1. The van der Waals surface area contributed by atoms with Crippen LogP contribution in [0.3, 0.4) is 0 Å². The van der Waals surface area contributed by atoms with Crippen LogP contribution in [-0.4, -0.2) is 25.4 Å². The number of nitrogens with zero attached hydrogens (tertiary/aromatic N) is 2. The van der Waals surface area contributed by atoms with Crippen molar-refractivity contribution in [1.29, 1.82) is 0 Å². The average molecular weight is 328 g/mol. The molecule has 1 aromatic carbocycles. The van der Waals surface area contributed by atoms with E-state index in [1.54, 1.807) is 6.92 Å². The van der Waals surface area contributed by atoms with Gasteiger partial charge < -0.3 is 5.32 Å². The second-order valence-corrected chi connectivity index (χ2v) is 6.93. The average Bonchev–Trinajstić information content (AvgIpc) is 2.82. The van der Waals surface area contributed by atoms with Crippen LogP contribution in [0.4, 0.5) is 16.5 Å². The van der Waals surface area contributed by atoms with Gasteiger partial charge in [0.05, 0.1) is 4.92 Å². The fourth-order valence-corrected chi connectivity index (χ4v) is 3.80. The molecule has 2 aromatic rings. The lowest BCUT2D eigenvalue weighted by atomic mass is 10.3. The molecule has 2 rings (SSSR count). The third kappa shape index (κ3) is 3.11. The summed E-state index contributed by atoms with van der Waals surface area (Å²) in [5.74, 6) is 0. The van der Waals surface area contributed by atoms with Crippen molar-refractivity contribution < 1.29 is 13.3 Å². The van der Waals surface area contributed by atoms with Gasteiger partial charge in [0, 0.05) is 18.1 Å². The van der Waals surface area contributed by atoms with E-state index < -0.39 is 25.5 Å². The van der Waals surface area contributed by atoms with Crippen molar-refractivity contribution >= 4 is 37.9 Å². The fourth-order valence-electron chi connectivity index (χ4n) is 1.70. The van der Waals surface area contributed by atoms with Gasteiger partial charge in [-0.25, -0.2) is 13.4 Å². The van der Waals surface area contributed by atoms with Crippen molar-refractivity contribution in [2.75, 3.05) is 17.1 Å². The number of nitro groups is 1. The first-order valence-electron chi connectivity index (χ1n) is 5.75. The minimum absolute atomic E-state index is 0.123. The predicted molar refractivity (Wildman–Crippen MR) is 80.3 cm³/mol. The molecule has 2 N–H and O–H groups in total. The summed E-state index contributed by atoms with van der Waals surface area (Å²) in [6.45, 7) is 1.78. The maximum absolute atomic E-state index is 12.3. The predicted octanol–water partition coefficient (Wildman–Crippen LogP) is 2.20. The molecular formula is C11H12N4O4S2. The molecule has 1 heterocycles. The molecule has 21 heavy (non-hydrogen) atoms. The molecule has 8 nitrogen and oxygen atoms in total. The van der Waals surface area contributed by atoms with Crippen LogP contribution in [0.2, 0.25) is 0 Å². The normalized spacial score (nSPS) is 11.1. The van der Waals surface area contributed by atoms with E-state index in [9.17, 15) is 18.5 Å². The highest BCUT2D eigenvalue weighted by atomic mass is 32.2. The van der Waals surface area contributed by atoms with Gasteiger partial charge in [0.2, 0.25) is 0 Å². The number of nitrogens with one attached hydrogen (secondary N) is 2. The van der Waals surface area contributed by atoms with Gasteiger partial charge >= 0.3 is 5.69 Å². The number of rotatable bonds is 5. The van der Waals surface area contributed by atoms with Crippen molar-refractivity contribution in [3.63, 3.8) is 0 Å². The molecule has 112 valence electrons. The van der Waals surface area contributed by atoms with Gasteiger partial charge in [-0.05, 0) is 19.1 Å². The molecule has 0 aliphatic rings. The van der Waals surface area contributed by atoms with Crippen LogP contribution in [0.25, 0.3) is 0 Å². The summed E-state index contributed by atoms with van der Waals surface area (Å²) in [6.07, 6.45) is 1.51. The molecule has 0 aliphatic carbocycles. The van der Waals surface area contributed by atoms with Crippen LogP contribution >= 0.6 is 11.3 Å². The molecule has 1 aromatic heterocycles. The van der Waals surface area contributed by atoms with E-state index in [1.807, 2.05) is 0 Å². The van der Waals surface area contributed by atoms with E-state index in [-0.39, 0.29) is 10.8 Å². The van der Waals surface area contributed by atoms with Crippen molar-refractivity contribution in [1.82, 2.24) is 4.98 Å². The largest absolute Gasteiger partial charge is 0.383 e. The summed E-state index contributed by atoms with van der Waals surface area (Å²) in [5, 5.41) is 13.9. The van der Waals surface area contributed by atoms with Gasteiger partial charge in [-0.2, -0.15) is 0 Å². The first-order valence-corrected chi connectivity index (χ1v) is 8.05. The van der Waals surface area contributed by atoms with E-state index in [0.717, 1.165) is 16.2 Å². The molecule has 0 amide bonds. The summed E-state index contributed by atoms with van der Waals surface area (Å²) >= 11 is 1.15. The van der Waals surface area contributed by atoms with Gasteiger partial charge in [0.1, 0.15) is 5.69 Å². The van der Waals surface area contributed by atoms with Gasteiger partial charge in [-0.15, -0.1) is 11.3 Å². The molecule has 0 bridgehead atoms. The molecule has 0 aliphatic heterocycles. The van der Waals surface area contributed by atoms with Gasteiger partial charge in [0.15, 0.2) is 10.0 Å². The quantitative estimate of drug-likeness (QED) is 0.642. The Morgan fingerprint density at radius 2 is 2.10 bits per heavy atom. The summed E-state index contributed by atoms with van der Waals surface area (Å²) in [5.41, 5.74) is -0.376. The van der Waals surface area contributed by atoms with E-state index >= 15 is 0 Å². The Bertz CT molecular complexity index is 785. The monoisotopic (exact) mass is 328 g/mol. The Morgan fingerprint density at radius 1 is 1.38 bits per heavy atom. The van der Waals surface area contributed by atoms with Gasteiger partial charge in [0.25, 0.3) is 10.0 Å². The Morgan fingerprint density at radius 3 is 2.62 bits per heavy atom. The number of hydrogen-bond donors (Lipinski definition) is 2. The Hall–Kier alpha value is -2.20. The SMILES string of the molecule is CNc1cccc(S(=O)(=O)Nc2ncc(C)s2)c1[N+](=O)[O-]. The van der Waals surface area contributed by atoms with E-state index in [2.05, 4.69) is 15.0 Å². The third-order valence-corrected chi connectivity index (χ3v) is 4.91. The third-order valence-electron chi connectivity index (χ3n) is 2.58. The molecule has 0 saturated heterocycles. The van der Waals surface area contributed by atoms with Crippen molar-refractivity contribution in [3.8, 4) is 0 Å². The van der Waals surface area contributed by atoms with E-state index in [4.69, 9.17) is 0 Å². The van der Waals surface area contributed by atoms with Crippen LogP contribution in [-0.2, 0) is 10.0 Å². The molecule has 0 radical (unpaired) electrons. The number of thiazole rings is 1. The first-order chi connectivity index (χ1) is 9.85. The number of aryl methyl sites for hydroxylation is 1. The summed E-state index contributed by atoms with van der Waals surface area (Å²) in [7, 11) is -2.61. The molecule has 0 fully saturated rings. The van der Waals surface area contributed by atoms with Gasteiger partial charge in [-0.3, -0.25) is 14.8 Å². The van der Waals surface area contributed by atoms with Crippen LogP contribution < -0.4 is 10.0 Å². The second-order valence-electron chi connectivity index (χ2n) is 4.04. The molecule has 0 saturated carbocycles. The van der Waals surface area contributed by atoms with Crippen molar-refractivity contribution in [2.24, 2.45) is 0 Å². The Balaban J connectivity index is 2.52. The van der Waals surface area contributed by atoms with E-state index in [1.165, 1.54) is 31.4 Å². The highest BCUT2D eigenvalue weighted by Crippen LogP contribution is 2.33. The zero-order valence-corrected chi connectivity index (χ0v) is 12.8. The molecule has 0 unspecified atom stereocenters. The van der Waals surface area contributed by atoms with Crippen LogP contribution in [0.15, 0.2) is 29.3 Å². The zero-order valence-electron chi connectivity index (χ0n) is 11.2.